The van der Waals surface area contributed by atoms with Crippen LogP contribution in [0.5, 0.6) is 0 Å². The molecule has 3 rings (SSSR count). The Hall–Kier alpha value is -3.12. The van der Waals surface area contributed by atoms with E-state index in [1.54, 1.807) is 30.6 Å². The molecule has 3 aromatic rings. The molecule has 0 aliphatic rings. The summed E-state index contributed by atoms with van der Waals surface area (Å²) in [6.07, 6.45) is 3.43. The molecular weight excluding hydrogens is 471 g/mol. The van der Waals surface area contributed by atoms with Crippen LogP contribution in [0, 0.1) is 11.3 Å². The minimum Gasteiger partial charge on any atom is -0.333 e. The first kappa shape index (κ1) is 23.5. The summed E-state index contributed by atoms with van der Waals surface area (Å²) >= 11 is 11.9. The van der Waals surface area contributed by atoms with Crippen LogP contribution in [-0.2, 0) is 16.6 Å². The van der Waals surface area contributed by atoms with Crippen molar-refractivity contribution >= 4 is 44.8 Å². The smallest absolute Gasteiger partial charge is 0.263 e. The Kier molecular flexibility index (Phi) is 7.70. The Bertz CT molecular complexity index is 1260. The van der Waals surface area contributed by atoms with Crippen LogP contribution < -0.4 is 4.72 Å². The Labute approximate surface area is 196 Å². The van der Waals surface area contributed by atoms with Gasteiger partial charge in [0, 0.05) is 41.8 Å². The van der Waals surface area contributed by atoms with E-state index in [9.17, 15) is 13.2 Å². The number of carbonyl (C=O) groups excluding carboxylic acids is 1. The molecule has 0 unspecified atom stereocenters. The first-order chi connectivity index (χ1) is 15.3. The molecule has 7 nitrogen and oxygen atoms in total. The lowest BCUT2D eigenvalue weighted by atomic mass is 10.1. The number of carbonyl (C=O) groups is 1. The van der Waals surface area contributed by atoms with Crippen LogP contribution in [0.3, 0.4) is 0 Å². The molecule has 1 N–H and O–H groups in total. The molecule has 0 saturated heterocycles. The molecule has 1 heterocycles. The van der Waals surface area contributed by atoms with Crippen molar-refractivity contribution in [1.82, 2.24) is 9.88 Å². The Morgan fingerprint density at radius 3 is 2.66 bits per heavy atom. The average Bonchev–Trinajstić information content (AvgIpc) is 2.78. The lowest BCUT2D eigenvalue weighted by molar-refractivity contribution is 0.0747. The summed E-state index contributed by atoms with van der Waals surface area (Å²) in [7, 11) is -4.03. The number of sulfonamides is 1. The fourth-order valence-corrected chi connectivity index (χ4v) is 4.75. The average molecular weight is 489 g/mol. The lowest BCUT2D eigenvalue weighted by Crippen LogP contribution is -2.31. The van der Waals surface area contributed by atoms with Gasteiger partial charge >= 0.3 is 0 Å². The van der Waals surface area contributed by atoms with Gasteiger partial charge in [-0.3, -0.25) is 14.5 Å². The largest absolute Gasteiger partial charge is 0.333 e. The van der Waals surface area contributed by atoms with Crippen molar-refractivity contribution < 1.29 is 13.2 Å². The molecule has 164 valence electrons. The van der Waals surface area contributed by atoms with Gasteiger partial charge in [0.2, 0.25) is 0 Å². The Morgan fingerprint density at radius 1 is 1.12 bits per heavy atom. The summed E-state index contributed by atoms with van der Waals surface area (Å²) in [6.45, 7) is 0.487. The van der Waals surface area contributed by atoms with E-state index in [1.807, 2.05) is 12.1 Å². The standard InChI is InChI=1S/C22H18Cl2N4O3S/c23-18-7-8-20(24)21(13-18)32(30,31)27-19-6-1-5-17(12-19)22(29)28(11-3-9-25)15-16-4-2-10-26-14-16/h1-2,4-8,10,12-14,27H,3,11,15H2. The molecule has 0 fully saturated rings. The third-order valence-electron chi connectivity index (χ3n) is 4.42. The van der Waals surface area contributed by atoms with E-state index in [4.69, 9.17) is 28.5 Å². The predicted octanol–water partition coefficient (Wildman–Crippen LogP) is 4.75. The fraction of sp³-hybridized carbons (Fsp3) is 0.136. The molecule has 2 aromatic carbocycles. The van der Waals surface area contributed by atoms with Gasteiger partial charge in [-0.15, -0.1) is 0 Å². The van der Waals surface area contributed by atoms with E-state index in [0.717, 1.165) is 5.56 Å². The zero-order valence-electron chi connectivity index (χ0n) is 16.7. The summed E-state index contributed by atoms with van der Waals surface area (Å²) in [4.78, 5) is 18.5. The van der Waals surface area contributed by atoms with Gasteiger partial charge in [0.15, 0.2) is 0 Å². The lowest BCUT2D eigenvalue weighted by Gasteiger charge is -2.22. The number of hydrogen-bond acceptors (Lipinski definition) is 5. The predicted molar refractivity (Wildman–Crippen MR) is 123 cm³/mol. The van der Waals surface area contributed by atoms with Crippen LogP contribution in [-0.4, -0.2) is 30.8 Å². The number of benzene rings is 2. The molecule has 32 heavy (non-hydrogen) atoms. The zero-order chi connectivity index (χ0) is 23.1. The van der Waals surface area contributed by atoms with Gasteiger partial charge in [0.1, 0.15) is 4.90 Å². The van der Waals surface area contributed by atoms with Gasteiger partial charge in [-0.05, 0) is 48.0 Å². The number of nitrogens with one attached hydrogen (secondary N) is 1. The molecule has 1 amide bonds. The van der Waals surface area contributed by atoms with E-state index in [0.29, 0.717) is 0 Å². The summed E-state index contributed by atoms with van der Waals surface area (Å²) in [5.74, 6) is -0.342. The van der Waals surface area contributed by atoms with Crippen molar-refractivity contribution in [1.29, 1.82) is 5.26 Å². The second-order valence-electron chi connectivity index (χ2n) is 6.76. The Morgan fingerprint density at radius 2 is 1.94 bits per heavy atom. The van der Waals surface area contributed by atoms with Gasteiger partial charge in [-0.25, -0.2) is 8.42 Å². The quantitative estimate of drug-likeness (QED) is 0.492. The molecule has 0 spiro atoms. The molecule has 0 atom stereocenters. The van der Waals surface area contributed by atoms with Gasteiger partial charge in [0.05, 0.1) is 17.5 Å². The molecule has 10 heteroatoms. The number of rotatable bonds is 8. The highest BCUT2D eigenvalue weighted by Gasteiger charge is 2.21. The molecule has 0 bridgehead atoms. The highest BCUT2D eigenvalue weighted by molar-refractivity contribution is 7.92. The number of amides is 1. The number of aromatic nitrogens is 1. The van der Waals surface area contributed by atoms with Crippen molar-refractivity contribution in [2.75, 3.05) is 11.3 Å². The van der Waals surface area contributed by atoms with Gasteiger partial charge in [-0.2, -0.15) is 5.26 Å². The molecule has 0 aliphatic heterocycles. The number of nitriles is 1. The number of nitrogens with zero attached hydrogens (tertiary/aromatic N) is 3. The SMILES string of the molecule is N#CCCN(Cc1cccnc1)C(=O)c1cccc(NS(=O)(=O)c2cc(Cl)ccc2Cl)c1. The van der Waals surface area contributed by atoms with E-state index < -0.39 is 10.0 Å². The number of halogens is 2. The molecule has 1 aromatic heterocycles. The third kappa shape index (κ3) is 5.98. The zero-order valence-corrected chi connectivity index (χ0v) is 19.0. The van der Waals surface area contributed by atoms with Crippen LogP contribution in [0.1, 0.15) is 22.3 Å². The Balaban J connectivity index is 1.85. The maximum Gasteiger partial charge on any atom is 0.263 e. The van der Waals surface area contributed by atoms with Gasteiger partial charge in [-0.1, -0.05) is 35.3 Å². The van der Waals surface area contributed by atoms with E-state index in [1.165, 1.54) is 35.2 Å². The van der Waals surface area contributed by atoms with E-state index in [2.05, 4.69) is 9.71 Å². The summed E-state index contributed by atoms with van der Waals surface area (Å²) in [6, 6.07) is 15.9. The van der Waals surface area contributed by atoms with Crippen LogP contribution in [0.2, 0.25) is 10.0 Å². The minimum absolute atomic E-state index is 0.0216. The molecule has 0 radical (unpaired) electrons. The number of pyridine rings is 1. The second-order valence-corrected chi connectivity index (χ2v) is 9.25. The number of hydrogen-bond donors (Lipinski definition) is 1. The highest BCUT2D eigenvalue weighted by Crippen LogP contribution is 2.27. The first-order valence-corrected chi connectivity index (χ1v) is 11.7. The van der Waals surface area contributed by atoms with Crippen molar-refractivity contribution in [2.24, 2.45) is 0 Å². The van der Waals surface area contributed by atoms with E-state index >= 15 is 0 Å². The number of anilines is 1. The summed E-state index contributed by atoms with van der Waals surface area (Å²) < 4.78 is 28.0. The van der Waals surface area contributed by atoms with E-state index in [-0.39, 0.29) is 51.6 Å². The monoisotopic (exact) mass is 488 g/mol. The second kappa shape index (κ2) is 10.5. The third-order valence-corrected chi connectivity index (χ3v) is 6.52. The molecular formula is C22H18Cl2N4O3S. The van der Waals surface area contributed by atoms with Gasteiger partial charge < -0.3 is 4.90 Å². The van der Waals surface area contributed by atoms with Crippen molar-refractivity contribution in [3.05, 3.63) is 88.2 Å². The van der Waals surface area contributed by atoms with Crippen molar-refractivity contribution in [3.63, 3.8) is 0 Å². The summed E-state index contributed by atoms with van der Waals surface area (Å²) in [5.41, 5.74) is 1.27. The van der Waals surface area contributed by atoms with Crippen LogP contribution >= 0.6 is 23.2 Å². The van der Waals surface area contributed by atoms with Crippen LogP contribution in [0.15, 0.2) is 71.9 Å². The molecule has 0 aliphatic carbocycles. The maximum atomic E-state index is 13.1. The fourth-order valence-electron chi connectivity index (χ4n) is 2.94. The van der Waals surface area contributed by atoms with Gasteiger partial charge in [0.25, 0.3) is 15.9 Å². The highest BCUT2D eigenvalue weighted by atomic mass is 35.5. The van der Waals surface area contributed by atoms with Crippen LogP contribution in [0.25, 0.3) is 0 Å². The van der Waals surface area contributed by atoms with Crippen molar-refractivity contribution in [3.8, 4) is 6.07 Å². The normalized spacial score (nSPS) is 10.9. The molecule has 0 saturated carbocycles. The van der Waals surface area contributed by atoms with Crippen molar-refractivity contribution in [2.45, 2.75) is 17.9 Å². The topological polar surface area (TPSA) is 103 Å². The minimum atomic E-state index is -4.03. The first-order valence-electron chi connectivity index (χ1n) is 9.43. The summed E-state index contributed by atoms with van der Waals surface area (Å²) in [5, 5.41) is 9.20. The van der Waals surface area contributed by atoms with Crippen LogP contribution in [0.4, 0.5) is 5.69 Å². The maximum absolute atomic E-state index is 13.1.